The largest absolute Gasteiger partial charge is 0.513 e. The molecule has 0 fully saturated rings. The van der Waals surface area contributed by atoms with Crippen LogP contribution in [0.25, 0.3) is 0 Å². The second kappa shape index (κ2) is 12.4. The van der Waals surface area contributed by atoms with E-state index in [0.29, 0.717) is 11.5 Å². The molecule has 0 radical (unpaired) electrons. The summed E-state index contributed by atoms with van der Waals surface area (Å²) < 4.78 is 34.6. The van der Waals surface area contributed by atoms with Crippen molar-refractivity contribution in [1.29, 1.82) is 0 Å². The van der Waals surface area contributed by atoms with Gasteiger partial charge in [-0.05, 0) is 91.7 Å². The van der Waals surface area contributed by atoms with Gasteiger partial charge in [0, 0.05) is 0 Å². The summed E-state index contributed by atoms with van der Waals surface area (Å²) in [6.45, 7) is 19.8. The first-order valence-electron chi connectivity index (χ1n) is 12.9. The average molecular weight is 579 g/mol. The molecule has 38 heavy (non-hydrogen) atoms. The van der Waals surface area contributed by atoms with Crippen molar-refractivity contribution in [2.45, 2.75) is 77.6 Å². The van der Waals surface area contributed by atoms with Gasteiger partial charge in [-0.15, -0.1) is 0 Å². The quantitative estimate of drug-likeness (QED) is 0.159. The maximum Gasteiger partial charge on any atom is 0.513 e. The third kappa shape index (κ3) is 9.57. The summed E-state index contributed by atoms with van der Waals surface area (Å²) in [4.78, 5) is 11.5. The molecule has 0 aliphatic carbocycles. The molecule has 10 heteroatoms. The van der Waals surface area contributed by atoms with E-state index in [1.54, 1.807) is 20.3 Å². The molecule has 0 heterocycles. The molecular weight excluding hydrogens is 533 g/mol. The molecule has 7 nitrogen and oxygen atoms in total. The third-order valence-corrected chi connectivity index (χ3v) is 16.8. The Hall–Kier alpha value is -2.12. The Bertz CT molecular complexity index is 1110. The van der Waals surface area contributed by atoms with E-state index < -0.39 is 31.4 Å². The Labute approximate surface area is 232 Å². The predicted molar refractivity (Wildman–Crippen MR) is 160 cm³/mol. The van der Waals surface area contributed by atoms with Gasteiger partial charge in [-0.1, -0.05) is 39.0 Å². The zero-order chi connectivity index (χ0) is 28.9. The van der Waals surface area contributed by atoms with Crippen LogP contribution in [0.15, 0.2) is 36.4 Å². The average Bonchev–Trinajstić information content (AvgIpc) is 2.76. The maximum absolute atomic E-state index is 11.5. The summed E-state index contributed by atoms with van der Waals surface area (Å²) in [6, 6.07) is 13.8. The molecule has 0 amide bonds. The molecule has 0 aliphatic rings. The number of rotatable bonds is 11. The summed E-state index contributed by atoms with van der Waals surface area (Å²) in [6.07, 6.45) is -0.783. The Kier molecular flexibility index (Phi) is 10.5. The fourth-order valence-corrected chi connectivity index (χ4v) is 19.1. The van der Waals surface area contributed by atoms with E-state index in [1.165, 1.54) is 18.2 Å². The number of hydrogen-bond donors (Lipinski definition) is 0. The number of carbonyl (C=O) groups is 1. The molecule has 0 bridgehead atoms. The van der Waals surface area contributed by atoms with E-state index in [4.69, 9.17) is 22.4 Å². The zero-order valence-corrected chi connectivity index (χ0v) is 28.2. The van der Waals surface area contributed by atoms with Crippen LogP contribution in [0, 0.1) is 0 Å². The minimum Gasteiger partial charge on any atom is -0.496 e. The van der Waals surface area contributed by atoms with Gasteiger partial charge in [-0.25, -0.2) is 4.79 Å². The Morgan fingerprint density at radius 1 is 0.711 bits per heavy atom. The van der Waals surface area contributed by atoms with Crippen LogP contribution < -0.4 is 14.2 Å². The van der Waals surface area contributed by atoms with Gasteiger partial charge in [-0.3, -0.25) is 0 Å². The van der Waals surface area contributed by atoms with Gasteiger partial charge in [0.25, 0.3) is 0 Å². The number of methoxy groups -OCH3 is 3. The van der Waals surface area contributed by atoms with Gasteiger partial charge in [0.15, 0.2) is 28.1 Å². The molecule has 2 rings (SSSR count). The van der Waals surface area contributed by atoms with Crippen molar-refractivity contribution in [1.82, 2.24) is 0 Å². The van der Waals surface area contributed by atoms with Crippen molar-refractivity contribution >= 4 is 31.4 Å². The minimum absolute atomic E-state index is 0.0188. The van der Waals surface area contributed by atoms with Gasteiger partial charge in [0.05, 0.1) is 21.3 Å². The lowest BCUT2D eigenvalue weighted by Gasteiger charge is -2.39. The van der Waals surface area contributed by atoms with Crippen molar-refractivity contribution in [3.63, 3.8) is 0 Å². The fourth-order valence-electron chi connectivity index (χ4n) is 4.91. The van der Waals surface area contributed by atoms with Crippen LogP contribution in [0.2, 0.25) is 39.3 Å². The number of hydrogen-bond acceptors (Lipinski definition) is 7. The van der Waals surface area contributed by atoms with Crippen molar-refractivity contribution < 1.29 is 32.0 Å². The van der Waals surface area contributed by atoms with Crippen LogP contribution in [0.5, 0.6) is 17.2 Å². The van der Waals surface area contributed by atoms with Crippen LogP contribution in [0.3, 0.4) is 0 Å². The van der Waals surface area contributed by atoms with E-state index >= 15 is 0 Å². The highest BCUT2D eigenvalue weighted by Crippen LogP contribution is 2.34. The second-order valence-corrected chi connectivity index (χ2v) is 24.5. The molecule has 2 aromatic carbocycles. The summed E-state index contributed by atoms with van der Waals surface area (Å²) in [5, 5.41) is 0. The first-order chi connectivity index (χ1) is 17.4. The molecule has 0 atom stereocenters. The number of ether oxygens (including phenoxy) is 4. The molecule has 0 aliphatic heterocycles. The Morgan fingerprint density at radius 2 is 1.18 bits per heavy atom. The van der Waals surface area contributed by atoms with Crippen molar-refractivity contribution in [2.75, 3.05) is 21.3 Å². The van der Waals surface area contributed by atoms with Crippen molar-refractivity contribution in [2.24, 2.45) is 0 Å². The van der Waals surface area contributed by atoms with Crippen LogP contribution in [-0.4, -0.2) is 52.7 Å². The predicted octanol–water partition coefficient (Wildman–Crippen LogP) is 7.16. The standard InChI is InChI=1S/C28H46O7Si3/c1-28(2,3)23-15-13-21(17-25(23)30-4)19-36(7,8)34-38(11,12)35-37(9,10)20-22-14-16-24(26(18-22)31-5)33-27(29)32-6/h13-18H,19-20H2,1-12H3. The molecule has 0 spiro atoms. The monoisotopic (exact) mass is 578 g/mol. The molecule has 0 N–H and O–H groups in total. The van der Waals surface area contributed by atoms with Crippen LogP contribution in [0.4, 0.5) is 4.79 Å². The number of benzene rings is 2. The molecule has 212 valence electrons. The highest BCUT2D eigenvalue weighted by molar-refractivity contribution is 6.87. The first kappa shape index (κ1) is 32.1. The van der Waals surface area contributed by atoms with Crippen LogP contribution in [-0.2, 0) is 30.5 Å². The normalized spacial score (nSPS) is 12.7. The first-order valence-corrected chi connectivity index (χ1v) is 22.0. The van der Waals surface area contributed by atoms with Crippen LogP contribution >= 0.6 is 0 Å². The highest BCUT2D eigenvalue weighted by atomic mass is 28.5. The fraction of sp³-hybridized carbons (Fsp3) is 0.536. The number of carbonyl (C=O) groups excluding carboxylic acids is 1. The van der Waals surface area contributed by atoms with Crippen LogP contribution in [0.1, 0.15) is 37.5 Å². The lowest BCUT2D eigenvalue weighted by atomic mass is 9.86. The lowest BCUT2D eigenvalue weighted by molar-refractivity contribution is 0.120. The summed E-state index contributed by atoms with van der Waals surface area (Å²) >= 11 is 0. The molecule has 0 saturated heterocycles. The van der Waals surface area contributed by atoms with E-state index in [0.717, 1.165) is 23.4 Å². The molecule has 2 aromatic rings. The van der Waals surface area contributed by atoms with Gasteiger partial charge in [0.1, 0.15) is 5.75 Å². The van der Waals surface area contributed by atoms with Gasteiger partial charge in [0.2, 0.25) is 0 Å². The Morgan fingerprint density at radius 3 is 1.63 bits per heavy atom. The van der Waals surface area contributed by atoms with Gasteiger partial charge in [-0.2, -0.15) is 0 Å². The third-order valence-electron chi connectivity index (χ3n) is 5.97. The van der Waals surface area contributed by atoms with E-state index in [9.17, 15) is 4.79 Å². The smallest absolute Gasteiger partial charge is 0.496 e. The lowest BCUT2D eigenvalue weighted by Crippen LogP contribution is -2.54. The van der Waals surface area contributed by atoms with Gasteiger partial charge < -0.3 is 27.2 Å². The summed E-state index contributed by atoms with van der Waals surface area (Å²) in [7, 11) is -2.12. The second-order valence-electron chi connectivity index (χ2n) is 12.3. The molecule has 0 saturated carbocycles. The summed E-state index contributed by atoms with van der Waals surface area (Å²) in [5.74, 6) is 1.73. The Balaban J connectivity index is 2.12. The SMILES string of the molecule is COC(=O)Oc1ccc(C[Si](C)(C)O[Si](C)(C)O[Si](C)(C)Cc2ccc(C(C)(C)C)c(OC)c2)cc1OC. The van der Waals surface area contributed by atoms with Crippen molar-refractivity contribution in [3.05, 3.63) is 53.1 Å². The van der Waals surface area contributed by atoms with E-state index in [-0.39, 0.29) is 5.41 Å². The van der Waals surface area contributed by atoms with Gasteiger partial charge >= 0.3 is 14.7 Å². The highest BCUT2D eigenvalue weighted by Gasteiger charge is 2.40. The molecule has 0 unspecified atom stereocenters. The minimum atomic E-state index is -2.43. The van der Waals surface area contributed by atoms with Crippen molar-refractivity contribution in [3.8, 4) is 17.2 Å². The van der Waals surface area contributed by atoms with E-state index in [1.807, 2.05) is 12.1 Å². The zero-order valence-electron chi connectivity index (χ0n) is 25.2. The maximum atomic E-state index is 11.5. The topological polar surface area (TPSA) is 72.5 Å². The molecular formula is C28H46O7Si3. The molecule has 0 aromatic heterocycles. The summed E-state index contributed by atoms with van der Waals surface area (Å²) in [5.41, 5.74) is 3.51. The van der Waals surface area contributed by atoms with E-state index in [2.05, 4.69) is 83.0 Å².